The lowest BCUT2D eigenvalue weighted by Crippen LogP contribution is -2.20. The zero-order valence-corrected chi connectivity index (χ0v) is 8.69. The van der Waals surface area contributed by atoms with Crippen molar-refractivity contribution in [2.45, 2.75) is 12.4 Å². The number of ether oxygens (including phenoxy) is 1. The van der Waals surface area contributed by atoms with Gasteiger partial charge in [-0.15, -0.1) is 0 Å². The van der Waals surface area contributed by atoms with Crippen molar-refractivity contribution in [2.24, 2.45) is 0 Å². The number of esters is 1. The summed E-state index contributed by atoms with van der Waals surface area (Å²) in [6.45, 7) is 0. The molecule has 0 aliphatic heterocycles. The molecule has 1 aromatic heterocycles. The van der Waals surface area contributed by atoms with E-state index < -0.39 is 35.3 Å². The van der Waals surface area contributed by atoms with Crippen molar-refractivity contribution in [1.29, 1.82) is 0 Å². The molecule has 1 heterocycles. The quantitative estimate of drug-likeness (QED) is 0.583. The number of alkyl halides is 6. The molecule has 0 N–H and O–H groups in total. The summed E-state index contributed by atoms with van der Waals surface area (Å²) >= 11 is 0. The van der Waals surface area contributed by atoms with Crippen LogP contribution < -0.4 is 0 Å². The molecule has 0 spiro atoms. The molecule has 1 rings (SSSR count). The smallest absolute Gasteiger partial charge is 0.433 e. The zero-order valence-electron chi connectivity index (χ0n) is 8.69. The number of carbonyl (C=O) groups excluding carboxylic acids is 1. The predicted molar refractivity (Wildman–Crippen MR) is 45.6 cm³/mol. The molecule has 0 saturated carbocycles. The minimum Gasteiger partial charge on any atom is -0.464 e. The lowest BCUT2D eigenvalue weighted by molar-refractivity contribution is -0.164. The third-order valence-electron chi connectivity index (χ3n) is 1.86. The Hall–Kier alpha value is -1.80. The number of pyridine rings is 1. The van der Waals surface area contributed by atoms with E-state index in [1.54, 1.807) is 0 Å². The van der Waals surface area contributed by atoms with E-state index in [4.69, 9.17) is 0 Å². The Morgan fingerprint density at radius 3 is 2.06 bits per heavy atom. The largest absolute Gasteiger partial charge is 0.464 e. The Bertz CT molecular complexity index is 465. The van der Waals surface area contributed by atoms with Gasteiger partial charge < -0.3 is 4.74 Å². The number of rotatable bonds is 1. The van der Waals surface area contributed by atoms with Crippen LogP contribution >= 0.6 is 0 Å². The first-order valence-corrected chi connectivity index (χ1v) is 4.31. The second-order valence-electron chi connectivity index (χ2n) is 3.08. The first-order chi connectivity index (χ1) is 8.07. The number of aromatic nitrogens is 1. The Balaban J connectivity index is 3.45. The molecule has 0 saturated heterocycles. The minimum atomic E-state index is -5.32. The fraction of sp³-hybridized carbons (Fsp3) is 0.333. The van der Waals surface area contributed by atoms with Crippen molar-refractivity contribution in [3.8, 4) is 0 Å². The van der Waals surface area contributed by atoms with Gasteiger partial charge in [0.25, 0.3) is 0 Å². The van der Waals surface area contributed by atoms with Gasteiger partial charge in [-0.05, 0) is 12.1 Å². The number of nitrogens with zero attached hydrogens (tertiary/aromatic N) is 1. The van der Waals surface area contributed by atoms with Crippen LogP contribution in [-0.2, 0) is 17.1 Å². The lowest BCUT2D eigenvalue weighted by Gasteiger charge is -2.14. The summed E-state index contributed by atoms with van der Waals surface area (Å²) in [5.41, 5.74) is -4.97. The van der Waals surface area contributed by atoms with Crippen LogP contribution in [0.4, 0.5) is 26.3 Å². The molecule has 3 nitrogen and oxygen atoms in total. The number of carbonyl (C=O) groups is 1. The van der Waals surface area contributed by atoms with Gasteiger partial charge in [0.1, 0.15) is 5.69 Å². The van der Waals surface area contributed by atoms with Crippen LogP contribution in [0.1, 0.15) is 21.7 Å². The van der Waals surface area contributed by atoms with Crippen LogP contribution in [0.2, 0.25) is 0 Å². The van der Waals surface area contributed by atoms with Crippen LogP contribution in [0, 0.1) is 0 Å². The van der Waals surface area contributed by atoms with E-state index in [0.29, 0.717) is 6.07 Å². The van der Waals surface area contributed by atoms with Gasteiger partial charge in [0.2, 0.25) is 0 Å². The second kappa shape index (κ2) is 4.46. The van der Waals surface area contributed by atoms with Gasteiger partial charge in [0, 0.05) is 0 Å². The van der Waals surface area contributed by atoms with E-state index in [0.717, 1.165) is 7.11 Å². The predicted octanol–water partition coefficient (Wildman–Crippen LogP) is 2.91. The number of halogens is 6. The summed E-state index contributed by atoms with van der Waals surface area (Å²) in [6, 6.07) is 0.659. The fourth-order valence-electron chi connectivity index (χ4n) is 1.12. The van der Waals surface area contributed by atoms with Crippen LogP contribution in [0.15, 0.2) is 12.1 Å². The SMILES string of the molecule is COC(=O)c1ccc(C(F)(F)F)c(C(F)(F)F)n1. The first kappa shape index (κ1) is 14.3. The normalized spacial score (nSPS) is 12.4. The van der Waals surface area contributed by atoms with Gasteiger partial charge in [0.15, 0.2) is 5.69 Å². The third-order valence-corrected chi connectivity index (χ3v) is 1.86. The summed E-state index contributed by atoms with van der Waals surface area (Å²) < 4.78 is 78.3. The molecule has 0 aliphatic rings. The summed E-state index contributed by atoms with van der Waals surface area (Å²) in [7, 11) is 0.870. The molecule has 18 heavy (non-hydrogen) atoms. The van der Waals surface area contributed by atoms with Crippen molar-refractivity contribution in [2.75, 3.05) is 7.11 Å². The summed E-state index contributed by atoms with van der Waals surface area (Å²) in [5.74, 6) is -1.26. The Morgan fingerprint density at radius 1 is 1.11 bits per heavy atom. The van der Waals surface area contributed by atoms with E-state index in [1.807, 2.05) is 0 Å². The van der Waals surface area contributed by atoms with E-state index in [2.05, 4.69) is 9.72 Å². The van der Waals surface area contributed by atoms with Crippen molar-refractivity contribution in [3.05, 3.63) is 29.1 Å². The molecule has 1 aromatic rings. The van der Waals surface area contributed by atoms with E-state index in [-0.39, 0.29) is 6.07 Å². The highest BCUT2D eigenvalue weighted by Gasteiger charge is 2.45. The second-order valence-corrected chi connectivity index (χ2v) is 3.08. The molecular formula is C9H5F6NO2. The monoisotopic (exact) mass is 273 g/mol. The highest BCUT2D eigenvalue weighted by atomic mass is 19.4. The van der Waals surface area contributed by atoms with Crippen molar-refractivity contribution in [1.82, 2.24) is 4.98 Å². The topological polar surface area (TPSA) is 39.2 Å². The molecule has 0 aliphatic carbocycles. The van der Waals surface area contributed by atoms with Crippen LogP contribution in [0.5, 0.6) is 0 Å². The highest BCUT2D eigenvalue weighted by molar-refractivity contribution is 5.87. The minimum absolute atomic E-state index is 0.141. The average molecular weight is 273 g/mol. The fourth-order valence-corrected chi connectivity index (χ4v) is 1.12. The van der Waals surface area contributed by atoms with Crippen LogP contribution in [-0.4, -0.2) is 18.1 Å². The maximum atomic E-state index is 12.4. The molecule has 0 bridgehead atoms. The Morgan fingerprint density at radius 2 is 1.67 bits per heavy atom. The molecule has 0 unspecified atom stereocenters. The van der Waals surface area contributed by atoms with Gasteiger partial charge in [0.05, 0.1) is 12.7 Å². The van der Waals surface area contributed by atoms with Gasteiger partial charge in [-0.3, -0.25) is 0 Å². The highest BCUT2D eigenvalue weighted by Crippen LogP contribution is 2.39. The van der Waals surface area contributed by atoms with Crippen LogP contribution in [0.25, 0.3) is 0 Å². The standard InChI is InChI=1S/C9H5F6NO2/c1-18-7(17)5-3-2-4(8(10,11)12)6(16-5)9(13,14)15/h2-3H,1H3. The Kier molecular flexibility index (Phi) is 3.54. The van der Waals surface area contributed by atoms with E-state index >= 15 is 0 Å². The number of hydrogen-bond acceptors (Lipinski definition) is 3. The van der Waals surface area contributed by atoms with Crippen molar-refractivity contribution < 1.29 is 35.9 Å². The van der Waals surface area contributed by atoms with Crippen molar-refractivity contribution >= 4 is 5.97 Å². The molecule has 100 valence electrons. The third kappa shape index (κ3) is 2.90. The molecule has 9 heteroatoms. The van der Waals surface area contributed by atoms with Crippen LogP contribution in [0.3, 0.4) is 0 Å². The van der Waals surface area contributed by atoms with Gasteiger partial charge >= 0.3 is 18.3 Å². The zero-order chi connectivity index (χ0) is 14.1. The van der Waals surface area contributed by atoms with E-state index in [1.165, 1.54) is 0 Å². The van der Waals surface area contributed by atoms with Crippen molar-refractivity contribution in [3.63, 3.8) is 0 Å². The molecular weight excluding hydrogens is 268 g/mol. The molecule has 0 atom stereocenters. The molecule has 0 aromatic carbocycles. The number of methoxy groups -OCH3 is 1. The molecule has 0 fully saturated rings. The van der Waals surface area contributed by atoms with Gasteiger partial charge in [-0.1, -0.05) is 0 Å². The first-order valence-electron chi connectivity index (χ1n) is 4.31. The average Bonchev–Trinajstić information content (AvgIpc) is 2.24. The summed E-state index contributed by atoms with van der Waals surface area (Å²) in [6.07, 6.45) is -10.5. The van der Waals surface area contributed by atoms with Gasteiger partial charge in [-0.2, -0.15) is 26.3 Å². The summed E-state index contributed by atoms with van der Waals surface area (Å²) in [5, 5.41) is 0. The molecule has 0 radical (unpaired) electrons. The van der Waals surface area contributed by atoms with Gasteiger partial charge in [-0.25, -0.2) is 9.78 Å². The maximum Gasteiger partial charge on any atom is 0.433 e. The Labute approximate surface area is 96.4 Å². The maximum absolute atomic E-state index is 12.4. The van der Waals surface area contributed by atoms with E-state index in [9.17, 15) is 31.1 Å². The number of hydrogen-bond donors (Lipinski definition) is 0. The lowest BCUT2D eigenvalue weighted by atomic mass is 10.1. The summed E-state index contributed by atoms with van der Waals surface area (Å²) in [4.78, 5) is 13.6. The molecule has 0 amide bonds.